The third kappa shape index (κ3) is 4.11. The molecule has 0 spiro atoms. The molecular weight excluding hydrogens is 410 g/mol. The van der Waals surface area contributed by atoms with Crippen molar-refractivity contribution in [3.63, 3.8) is 0 Å². The van der Waals surface area contributed by atoms with Crippen LogP contribution in [0.2, 0.25) is 5.02 Å². The first-order valence-electron chi connectivity index (χ1n) is 12.0. The number of carbonyl (C=O) groups is 2. The highest BCUT2D eigenvalue weighted by molar-refractivity contribution is 6.34. The zero-order valence-corrected chi connectivity index (χ0v) is 19.2. The number of nitrogens with zero attached hydrogens (tertiary/aromatic N) is 1. The van der Waals surface area contributed by atoms with Crippen LogP contribution in [0.25, 0.3) is 0 Å². The van der Waals surface area contributed by atoms with Gasteiger partial charge in [-0.3, -0.25) is 9.59 Å². The highest BCUT2D eigenvalue weighted by atomic mass is 35.5. The molecule has 4 bridgehead atoms. The second-order valence-electron chi connectivity index (χ2n) is 10.6. The van der Waals surface area contributed by atoms with Crippen LogP contribution in [0.15, 0.2) is 18.2 Å². The molecule has 5 fully saturated rings. The van der Waals surface area contributed by atoms with Gasteiger partial charge in [0, 0.05) is 31.7 Å². The summed E-state index contributed by atoms with van der Waals surface area (Å²) in [5.74, 6) is 3.17. The van der Waals surface area contributed by atoms with E-state index in [0.717, 1.165) is 56.3 Å². The van der Waals surface area contributed by atoms with Crippen molar-refractivity contribution in [1.29, 1.82) is 0 Å². The molecule has 4 aliphatic carbocycles. The minimum absolute atomic E-state index is 0.0236. The SMILES string of the molecule is CC1C2CC3CC1CC(CNC(=O)c1cc(C(=O)N4CCCNCC4)ccc1Cl)(C3)C2. The van der Waals surface area contributed by atoms with Gasteiger partial charge in [0.15, 0.2) is 0 Å². The molecule has 6 heteroatoms. The molecule has 31 heavy (non-hydrogen) atoms. The van der Waals surface area contributed by atoms with Gasteiger partial charge in [-0.15, -0.1) is 0 Å². The van der Waals surface area contributed by atoms with Gasteiger partial charge in [-0.2, -0.15) is 0 Å². The number of carbonyl (C=O) groups excluding carboxylic acids is 2. The van der Waals surface area contributed by atoms with Crippen molar-refractivity contribution in [3.05, 3.63) is 34.3 Å². The number of nitrogens with one attached hydrogen (secondary N) is 2. The average molecular weight is 444 g/mol. The molecule has 0 aromatic heterocycles. The lowest BCUT2D eigenvalue weighted by molar-refractivity contribution is -0.0867. The van der Waals surface area contributed by atoms with E-state index in [4.69, 9.17) is 11.6 Å². The van der Waals surface area contributed by atoms with Crippen molar-refractivity contribution in [2.24, 2.45) is 29.1 Å². The van der Waals surface area contributed by atoms with Gasteiger partial charge in [0.25, 0.3) is 11.8 Å². The van der Waals surface area contributed by atoms with E-state index in [1.165, 1.54) is 32.1 Å². The fraction of sp³-hybridized carbons (Fsp3) is 0.680. The molecule has 1 aromatic rings. The molecule has 2 atom stereocenters. The Morgan fingerprint density at radius 3 is 2.71 bits per heavy atom. The number of rotatable bonds is 4. The van der Waals surface area contributed by atoms with E-state index in [-0.39, 0.29) is 17.2 Å². The van der Waals surface area contributed by atoms with Crippen LogP contribution in [0.5, 0.6) is 0 Å². The summed E-state index contributed by atoms with van der Waals surface area (Å²) in [4.78, 5) is 27.9. The van der Waals surface area contributed by atoms with Crippen molar-refractivity contribution >= 4 is 23.4 Å². The molecular formula is C25H34ClN3O2. The van der Waals surface area contributed by atoms with Crippen molar-refractivity contribution < 1.29 is 9.59 Å². The zero-order valence-electron chi connectivity index (χ0n) is 18.5. The minimum Gasteiger partial charge on any atom is -0.351 e. The third-order valence-corrected chi connectivity index (χ3v) is 8.91. The van der Waals surface area contributed by atoms with E-state index in [2.05, 4.69) is 17.6 Å². The molecule has 1 aliphatic heterocycles. The molecule has 0 radical (unpaired) electrons. The van der Waals surface area contributed by atoms with Gasteiger partial charge in [-0.05, 0) is 92.4 Å². The maximum Gasteiger partial charge on any atom is 0.253 e. The standard InChI is InChI=1S/C25H34ClN3O2/c1-16-19-9-17-10-20(16)14-25(12-17,13-19)15-28-23(30)21-11-18(3-4-22(21)26)24(31)29-7-2-5-27-6-8-29/h3-4,11,16-17,19-20,27H,2,5-10,12-15H2,1H3,(H,28,30). The van der Waals surface area contributed by atoms with Gasteiger partial charge >= 0.3 is 0 Å². The van der Waals surface area contributed by atoms with Crippen LogP contribution in [0.3, 0.4) is 0 Å². The molecule has 2 amide bonds. The summed E-state index contributed by atoms with van der Waals surface area (Å²) in [6, 6.07) is 5.10. The smallest absolute Gasteiger partial charge is 0.253 e. The summed E-state index contributed by atoms with van der Waals surface area (Å²) in [6.07, 6.45) is 7.46. The Labute approximate surface area is 190 Å². The second kappa shape index (κ2) is 8.40. The summed E-state index contributed by atoms with van der Waals surface area (Å²) in [7, 11) is 0. The van der Waals surface area contributed by atoms with Crippen LogP contribution in [0.4, 0.5) is 0 Å². The van der Waals surface area contributed by atoms with Gasteiger partial charge in [0.05, 0.1) is 10.6 Å². The largest absolute Gasteiger partial charge is 0.351 e. The van der Waals surface area contributed by atoms with Crippen LogP contribution in [0, 0.1) is 29.1 Å². The maximum atomic E-state index is 13.1. The number of hydrogen-bond donors (Lipinski definition) is 2. The van der Waals surface area contributed by atoms with Crippen molar-refractivity contribution in [1.82, 2.24) is 15.5 Å². The van der Waals surface area contributed by atoms with Gasteiger partial charge in [-0.25, -0.2) is 0 Å². The van der Waals surface area contributed by atoms with Gasteiger partial charge in [0.1, 0.15) is 0 Å². The lowest BCUT2D eigenvalue weighted by atomic mass is 9.46. The summed E-state index contributed by atoms with van der Waals surface area (Å²) in [5, 5.41) is 6.93. The first kappa shape index (κ1) is 21.3. The van der Waals surface area contributed by atoms with Crippen LogP contribution < -0.4 is 10.6 Å². The Morgan fingerprint density at radius 1 is 1.16 bits per heavy atom. The van der Waals surface area contributed by atoms with E-state index in [1.807, 2.05) is 4.90 Å². The highest BCUT2D eigenvalue weighted by Gasteiger charge is 2.53. The Balaban J connectivity index is 1.27. The summed E-state index contributed by atoms with van der Waals surface area (Å²) < 4.78 is 0. The molecule has 5 aliphatic rings. The topological polar surface area (TPSA) is 61.4 Å². The fourth-order valence-electron chi connectivity index (χ4n) is 7.09. The quantitative estimate of drug-likeness (QED) is 0.740. The van der Waals surface area contributed by atoms with Crippen molar-refractivity contribution in [3.8, 4) is 0 Å². The van der Waals surface area contributed by atoms with E-state index in [0.29, 0.717) is 22.7 Å². The second-order valence-corrected chi connectivity index (χ2v) is 11.0. The monoisotopic (exact) mass is 443 g/mol. The molecule has 6 rings (SSSR count). The highest BCUT2D eigenvalue weighted by Crippen LogP contribution is 2.61. The van der Waals surface area contributed by atoms with E-state index in [9.17, 15) is 9.59 Å². The minimum atomic E-state index is -0.152. The molecule has 1 heterocycles. The maximum absolute atomic E-state index is 13.1. The molecule has 168 valence electrons. The Kier molecular flexibility index (Phi) is 5.76. The number of hydrogen-bond acceptors (Lipinski definition) is 3. The predicted molar refractivity (Wildman–Crippen MR) is 122 cm³/mol. The normalized spacial score (nSPS) is 34.5. The molecule has 2 unspecified atom stereocenters. The van der Waals surface area contributed by atoms with E-state index < -0.39 is 0 Å². The van der Waals surface area contributed by atoms with Crippen LogP contribution in [0.1, 0.15) is 66.2 Å². The van der Waals surface area contributed by atoms with Gasteiger partial charge < -0.3 is 15.5 Å². The van der Waals surface area contributed by atoms with Gasteiger partial charge in [-0.1, -0.05) is 18.5 Å². The Hall–Kier alpha value is -1.59. The Bertz CT molecular complexity index is 848. The van der Waals surface area contributed by atoms with Crippen molar-refractivity contribution in [2.45, 2.75) is 45.4 Å². The molecule has 4 saturated carbocycles. The predicted octanol–water partition coefficient (Wildman–Crippen LogP) is 3.97. The number of benzene rings is 1. The summed E-state index contributed by atoms with van der Waals surface area (Å²) in [5.41, 5.74) is 1.22. The fourth-order valence-corrected chi connectivity index (χ4v) is 7.29. The molecule has 2 N–H and O–H groups in total. The zero-order chi connectivity index (χ0) is 21.6. The first-order chi connectivity index (χ1) is 14.9. The van der Waals surface area contributed by atoms with Crippen LogP contribution >= 0.6 is 11.6 Å². The first-order valence-corrected chi connectivity index (χ1v) is 12.4. The lowest BCUT2D eigenvalue weighted by Crippen LogP contribution is -2.54. The molecule has 1 saturated heterocycles. The number of halogens is 1. The van der Waals surface area contributed by atoms with Crippen molar-refractivity contribution in [2.75, 3.05) is 32.7 Å². The van der Waals surface area contributed by atoms with E-state index >= 15 is 0 Å². The lowest BCUT2D eigenvalue weighted by Gasteiger charge is -2.59. The Morgan fingerprint density at radius 2 is 1.94 bits per heavy atom. The summed E-state index contributed by atoms with van der Waals surface area (Å²) in [6.45, 7) is 6.32. The average Bonchev–Trinajstić information content (AvgIpc) is 3.05. The van der Waals surface area contributed by atoms with Gasteiger partial charge in [0.2, 0.25) is 0 Å². The molecule has 1 aromatic carbocycles. The molecule has 5 nitrogen and oxygen atoms in total. The van der Waals surface area contributed by atoms with Crippen LogP contribution in [-0.2, 0) is 0 Å². The number of amides is 2. The third-order valence-electron chi connectivity index (χ3n) is 8.58. The van der Waals surface area contributed by atoms with Crippen LogP contribution in [-0.4, -0.2) is 49.4 Å². The summed E-state index contributed by atoms with van der Waals surface area (Å²) >= 11 is 6.39. The van der Waals surface area contributed by atoms with E-state index in [1.54, 1.807) is 18.2 Å².